The SMILES string of the molecule is CN=C(NCC(c1ccccc1OC)N(C)C)N1CCN(C(=O)C2CCCO2)CC1.I. The highest BCUT2D eigenvalue weighted by Gasteiger charge is 2.31. The molecule has 2 heterocycles. The van der Waals surface area contributed by atoms with Crippen LogP contribution in [0.15, 0.2) is 29.3 Å². The molecule has 0 bridgehead atoms. The zero-order valence-electron chi connectivity index (χ0n) is 19.0. The standard InChI is InChI=1S/C22H35N5O3.HI/c1-23-22(24-16-18(25(2)3)17-8-5-6-9-19(17)29-4)27-13-11-26(12-14-27)21(28)20-10-7-15-30-20;/h5-6,8-9,18,20H,7,10-16H2,1-4H3,(H,23,24);1H. The van der Waals surface area contributed by atoms with Gasteiger partial charge in [-0.2, -0.15) is 0 Å². The van der Waals surface area contributed by atoms with Gasteiger partial charge in [-0.25, -0.2) is 0 Å². The largest absolute Gasteiger partial charge is 0.496 e. The van der Waals surface area contributed by atoms with Crippen molar-refractivity contribution in [1.29, 1.82) is 0 Å². The number of halogens is 1. The van der Waals surface area contributed by atoms with E-state index in [1.165, 1.54) is 0 Å². The Morgan fingerprint density at radius 2 is 1.94 bits per heavy atom. The molecule has 2 aliphatic rings. The van der Waals surface area contributed by atoms with Gasteiger partial charge in [0.15, 0.2) is 5.96 Å². The molecule has 0 saturated carbocycles. The summed E-state index contributed by atoms with van der Waals surface area (Å²) in [6, 6.07) is 8.25. The van der Waals surface area contributed by atoms with Crippen molar-refractivity contribution in [2.75, 3.05) is 67.6 Å². The lowest BCUT2D eigenvalue weighted by Crippen LogP contribution is -2.55. The third kappa shape index (κ3) is 6.45. The van der Waals surface area contributed by atoms with Gasteiger partial charge in [-0.15, -0.1) is 24.0 Å². The molecule has 1 N–H and O–H groups in total. The molecule has 31 heavy (non-hydrogen) atoms. The lowest BCUT2D eigenvalue weighted by Gasteiger charge is -2.38. The fourth-order valence-corrected chi connectivity index (χ4v) is 4.15. The summed E-state index contributed by atoms with van der Waals surface area (Å²) in [4.78, 5) is 23.4. The van der Waals surface area contributed by atoms with Gasteiger partial charge in [0.25, 0.3) is 5.91 Å². The molecule has 1 aromatic carbocycles. The second-order valence-electron chi connectivity index (χ2n) is 7.96. The maximum absolute atomic E-state index is 12.6. The minimum Gasteiger partial charge on any atom is -0.496 e. The number of hydrogen-bond acceptors (Lipinski definition) is 5. The molecule has 174 valence electrons. The summed E-state index contributed by atoms with van der Waals surface area (Å²) in [5.74, 6) is 1.88. The minimum atomic E-state index is -0.240. The van der Waals surface area contributed by atoms with Gasteiger partial charge in [0.05, 0.1) is 13.2 Å². The molecule has 2 fully saturated rings. The predicted octanol–water partition coefficient (Wildman–Crippen LogP) is 1.81. The van der Waals surface area contributed by atoms with Crippen molar-refractivity contribution in [2.24, 2.45) is 4.99 Å². The Labute approximate surface area is 203 Å². The van der Waals surface area contributed by atoms with Crippen LogP contribution in [0.1, 0.15) is 24.4 Å². The van der Waals surface area contributed by atoms with Gasteiger partial charge in [-0.05, 0) is 33.0 Å². The van der Waals surface area contributed by atoms with E-state index in [0.29, 0.717) is 26.2 Å². The minimum absolute atomic E-state index is 0. The molecular formula is C22H36IN5O3. The van der Waals surface area contributed by atoms with E-state index >= 15 is 0 Å². The van der Waals surface area contributed by atoms with Gasteiger partial charge in [0, 0.05) is 51.9 Å². The van der Waals surface area contributed by atoms with Crippen LogP contribution in [0, 0.1) is 0 Å². The van der Waals surface area contributed by atoms with Crippen LogP contribution in [0.25, 0.3) is 0 Å². The van der Waals surface area contributed by atoms with E-state index < -0.39 is 0 Å². The summed E-state index contributed by atoms with van der Waals surface area (Å²) in [5, 5.41) is 3.52. The van der Waals surface area contributed by atoms with Crippen molar-refractivity contribution >= 4 is 35.8 Å². The normalized spacial score (nSPS) is 20.4. The average Bonchev–Trinajstić information content (AvgIpc) is 3.31. The molecule has 0 aromatic heterocycles. The number of ether oxygens (including phenoxy) is 2. The lowest BCUT2D eigenvalue weighted by molar-refractivity contribution is -0.142. The number of nitrogens with one attached hydrogen (secondary N) is 1. The third-order valence-corrected chi connectivity index (χ3v) is 5.88. The molecule has 9 heteroatoms. The smallest absolute Gasteiger partial charge is 0.251 e. The molecule has 2 unspecified atom stereocenters. The summed E-state index contributed by atoms with van der Waals surface area (Å²) >= 11 is 0. The number of amides is 1. The van der Waals surface area contributed by atoms with Gasteiger partial charge < -0.3 is 29.5 Å². The first-order valence-corrected chi connectivity index (χ1v) is 10.7. The van der Waals surface area contributed by atoms with Crippen molar-refractivity contribution in [1.82, 2.24) is 20.0 Å². The molecule has 2 aliphatic heterocycles. The fraction of sp³-hybridized carbons (Fsp3) is 0.636. The monoisotopic (exact) mass is 545 g/mol. The number of guanidine groups is 1. The number of benzene rings is 1. The lowest BCUT2D eigenvalue weighted by atomic mass is 10.0. The van der Waals surface area contributed by atoms with Gasteiger partial charge in [0.1, 0.15) is 11.9 Å². The second-order valence-corrected chi connectivity index (χ2v) is 7.96. The summed E-state index contributed by atoms with van der Waals surface area (Å²) in [5.41, 5.74) is 1.14. The Morgan fingerprint density at radius 3 is 2.52 bits per heavy atom. The van der Waals surface area contributed by atoms with Crippen LogP contribution in [0.5, 0.6) is 5.75 Å². The Morgan fingerprint density at radius 1 is 1.26 bits per heavy atom. The van der Waals surface area contributed by atoms with E-state index in [0.717, 1.165) is 43.2 Å². The fourth-order valence-electron chi connectivity index (χ4n) is 4.15. The molecule has 0 radical (unpaired) electrons. The number of aliphatic imine (C=N–C) groups is 1. The first-order valence-electron chi connectivity index (χ1n) is 10.7. The van der Waals surface area contributed by atoms with E-state index in [9.17, 15) is 4.79 Å². The molecule has 0 aliphatic carbocycles. The van der Waals surface area contributed by atoms with E-state index in [-0.39, 0.29) is 42.0 Å². The van der Waals surface area contributed by atoms with Gasteiger partial charge in [-0.1, -0.05) is 18.2 Å². The van der Waals surface area contributed by atoms with Crippen molar-refractivity contribution in [3.05, 3.63) is 29.8 Å². The van der Waals surface area contributed by atoms with E-state index in [4.69, 9.17) is 9.47 Å². The number of hydrogen-bond donors (Lipinski definition) is 1. The highest BCUT2D eigenvalue weighted by atomic mass is 127. The molecule has 2 atom stereocenters. The maximum atomic E-state index is 12.6. The van der Waals surface area contributed by atoms with Gasteiger partial charge in [0.2, 0.25) is 0 Å². The van der Waals surface area contributed by atoms with Crippen LogP contribution in [0.2, 0.25) is 0 Å². The van der Waals surface area contributed by atoms with Crippen LogP contribution in [-0.2, 0) is 9.53 Å². The first kappa shape index (κ1) is 25.7. The third-order valence-electron chi connectivity index (χ3n) is 5.88. The number of piperazine rings is 1. The zero-order chi connectivity index (χ0) is 21.5. The number of methoxy groups -OCH3 is 1. The quantitative estimate of drug-likeness (QED) is 0.334. The van der Waals surface area contributed by atoms with E-state index in [1.54, 1.807) is 14.2 Å². The number of likely N-dealkylation sites (N-methyl/N-ethyl adjacent to an activating group) is 1. The molecule has 1 amide bonds. The second kappa shape index (κ2) is 12.4. The van der Waals surface area contributed by atoms with Crippen molar-refractivity contribution in [2.45, 2.75) is 25.0 Å². The van der Waals surface area contributed by atoms with Gasteiger partial charge >= 0.3 is 0 Å². The summed E-state index contributed by atoms with van der Waals surface area (Å²) in [6.45, 7) is 4.33. The van der Waals surface area contributed by atoms with Gasteiger partial charge in [-0.3, -0.25) is 9.79 Å². The Balaban J connectivity index is 0.00000341. The summed E-state index contributed by atoms with van der Waals surface area (Å²) < 4.78 is 11.1. The van der Waals surface area contributed by atoms with Crippen LogP contribution < -0.4 is 10.1 Å². The Kier molecular flexibility index (Phi) is 10.3. The molecule has 8 nitrogen and oxygen atoms in total. The molecular weight excluding hydrogens is 509 g/mol. The number of carbonyl (C=O) groups is 1. The van der Waals surface area contributed by atoms with Crippen molar-refractivity contribution in [3.8, 4) is 5.75 Å². The summed E-state index contributed by atoms with van der Waals surface area (Å²) in [7, 11) is 7.64. The van der Waals surface area contributed by atoms with Crippen molar-refractivity contribution < 1.29 is 14.3 Å². The summed E-state index contributed by atoms with van der Waals surface area (Å²) in [6.07, 6.45) is 1.58. The number of nitrogens with zero attached hydrogens (tertiary/aromatic N) is 4. The van der Waals surface area contributed by atoms with Crippen LogP contribution in [0.4, 0.5) is 0 Å². The van der Waals surface area contributed by atoms with Crippen LogP contribution in [0.3, 0.4) is 0 Å². The maximum Gasteiger partial charge on any atom is 0.251 e. The highest BCUT2D eigenvalue weighted by Crippen LogP contribution is 2.27. The Hall–Kier alpha value is -1.59. The van der Waals surface area contributed by atoms with Crippen LogP contribution >= 0.6 is 24.0 Å². The number of para-hydroxylation sites is 1. The predicted molar refractivity (Wildman–Crippen MR) is 133 cm³/mol. The Bertz CT molecular complexity index is 732. The number of rotatable bonds is 6. The number of carbonyl (C=O) groups excluding carboxylic acids is 1. The molecule has 0 spiro atoms. The van der Waals surface area contributed by atoms with Crippen LogP contribution in [-0.4, -0.2) is 100 Å². The first-order chi connectivity index (χ1) is 14.5. The highest BCUT2D eigenvalue weighted by molar-refractivity contribution is 14.0. The molecule has 3 rings (SSSR count). The topological polar surface area (TPSA) is 69.6 Å². The van der Waals surface area contributed by atoms with Crippen molar-refractivity contribution in [3.63, 3.8) is 0 Å². The average molecular weight is 545 g/mol. The van der Waals surface area contributed by atoms with E-state index in [2.05, 4.69) is 40.3 Å². The van der Waals surface area contributed by atoms with E-state index in [1.807, 2.05) is 23.1 Å². The molecule has 2 saturated heterocycles. The molecule has 1 aromatic rings. The zero-order valence-corrected chi connectivity index (χ0v) is 21.4.